The summed E-state index contributed by atoms with van der Waals surface area (Å²) >= 11 is 1.37. The maximum Gasteiger partial charge on any atom is 0.234 e. The number of para-hydroxylation sites is 1. The lowest BCUT2D eigenvalue weighted by atomic mass is 10.2. The highest BCUT2D eigenvalue weighted by atomic mass is 32.2. The van der Waals surface area contributed by atoms with Crippen molar-refractivity contribution in [3.8, 4) is 11.3 Å². The molecule has 0 aliphatic carbocycles. The van der Waals surface area contributed by atoms with Crippen LogP contribution in [0.5, 0.6) is 0 Å². The van der Waals surface area contributed by atoms with Gasteiger partial charge in [-0.1, -0.05) is 30.0 Å². The number of aryl methyl sites for hydroxylation is 1. The van der Waals surface area contributed by atoms with Gasteiger partial charge < -0.3 is 9.73 Å². The molecule has 3 rings (SSSR count). The van der Waals surface area contributed by atoms with Crippen LogP contribution >= 0.6 is 11.8 Å². The van der Waals surface area contributed by atoms with Gasteiger partial charge in [0, 0.05) is 23.6 Å². The van der Waals surface area contributed by atoms with Crippen LogP contribution in [-0.2, 0) is 4.79 Å². The van der Waals surface area contributed by atoms with Crippen LogP contribution in [-0.4, -0.2) is 16.6 Å². The molecule has 4 nitrogen and oxygen atoms in total. The van der Waals surface area contributed by atoms with Gasteiger partial charge in [-0.05, 0) is 42.8 Å². The van der Waals surface area contributed by atoms with Crippen molar-refractivity contribution in [3.05, 3.63) is 66.5 Å². The third kappa shape index (κ3) is 4.02. The summed E-state index contributed by atoms with van der Waals surface area (Å²) in [6.45, 7) is 1.97. The second kappa shape index (κ2) is 7.15. The maximum atomic E-state index is 12.0. The SMILES string of the molecule is Cc1ccccc1NC(=O)CSc1ccc(-c2ccncc2)o1. The summed E-state index contributed by atoms with van der Waals surface area (Å²) in [5.41, 5.74) is 2.86. The largest absolute Gasteiger partial charge is 0.450 e. The molecule has 2 heterocycles. The zero-order chi connectivity index (χ0) is 16.1. The fourth-order valence-corrected chi connectivity index (χ4v) is 2.76. The zero-order valence-corrected chi connectivity index (χ0v) is 13.5. The lowest BCUT2D eigenvalue weighted by molar-refractivity contribution is -0.113. The molecule has 0 radical (unpaired) electrons. The van der Waals surface area contributed by atoms with Gasteiger partial charge in [-0.3, -0.25) is 9.78 Å². The molecular weight excluding hydrogens is 308 g/mol. The number of benzene rings is 1. The maximum absolute atomic E-state index is 12.0. The number of carbonyl (C=O) groups is 1. The molecule has 0 saturated carbocycles. The number of hydrogen-bond donors (Lipinski definition) is 1. The van der Waals surface area contributed by atoms with E-state index in [9.17, 15) is 4.79 Å². The standard InChI is InChI=1S/C18H16N2O2S/c1-13-4-2-3-5-15(13)20-17(21)12-23-18-7-6-16(22-18)14-8-10-19-11-9-14/h2-11H,12H2,1H3,(H,20,21). The predicted molar refractivity (Wildman–Crippen MR) is 92.5 cm³/mol. The summed E-state index contributed by atoms with van der Waals surface area (Å²) in [6.07, 6.45) is 3.45. The Morgan fingerprint density at radius 2 is 1.91 bits per heavy atom. The van der Waals surface area contributed by atoms with E-state index in [-0.39, 0.29) is 5.91 Å². The highest BCUT2D eigenvalue weighted by Gasteiger charge is 2.09. The van der Waals surface area contributed by atoms with Gasteiger partial charge >= 0.3 is 0 Å². The van der Waals surface area contributed by atoms with Gasteiger partial charge in [-0.2, -0.15) is 0 Å². The summed E-state index contributed by atoms with van der Waals surface area (Å²) < 4.78 is 5.75. The van der Waals surface area contributed by atoms with Crippen LogP contribution in [0, 0.1) is 6.92 Å². The lowest BCUT2D eigenvalue weighted by Crippen LogP contribution is -2.14. The van der Waals surface area contributed by atoms with Gasteiger partial charge in [-0.15, -0.1) is 0 Å². The number of amides is 1. The summed E-state index contributed by atoms with van der Waals surface area (Å²) in [6, 6.07) is 15.3. The minimum Gasteiger partial charge on any atom is -0.450 e. The lowest BCUT2D eigenvalue weighted by Gasteiger charge is -2.07. The number of nitrogens with zero attached hydrogens (tertiary/aromatic N) is 1. The fourth-order valence-electron chi connectivity index (χ4n) is 2.11. The van der Waals surface area contributed by atoms with Crippen molar-refractivity contribution in [2.75, 3.05) is 11.1 Å². The first-order valence-corrected chi connectivity index (χ1v) is 8.19. The minimum atomic E-state index is -0.0499. The third-order valence-corrected chi connectivity index (χ3v) is 4.22. The Hall–Kier alpha value is -2.53. The molecule has 0 fully saturated rings. The molecule has 0 spiro atoms. The Bertz CT molecular complexity index is 800. The average Bonchev–Trinajstić information content (AvgIpc) is 3.05. The Morgan fingerprint density at radius 3 is 2.70 bits per heavy atom. The van der Waals surface area contributed by atoms with Crippen molar-refractivity contribution in [1.29, 1.82) is 0 Å². The van der Waals surface area contributed by atoms with Gasteiger partial charge in [0.15, 0.2) is 5.09 Å². The molecule has 116 valence electrons. The van der Waals surface area contributed by atoms with Crippen LogP contribution in [0.1, 0.15) is 5.56 Å². The second-order valence-electron chi connectivity index (χ2n) is 5.01. The summed E-state index contributed by atoms with van der Waals surface area (Å²) in [5, 5.41) is 3.63. The number of aromatic nitrogens is 1. The van der Waals surface area contributed by atoms with E-state index in [4.69, 9.17) is 4.42 Å². The summed E-state index contributed by atoms with van der Waals surface area (Å²) in [4.78, 5) is 16.0. The van der Waals surface area contributed by atoms with Crippen molar-refractivity contribution >= 4 is 23.4 Å². The molecule has 2 aromatic heterocycles. The summed E-state index contributed by atoms with van der Waals surface area (Å²) in [5.74, 6) is 1.03. The van der Waals surface area contributed by atoms with E-state index in [1.165, 1.54) is 11.8 Å². The molecule has 0 atom stereocenters. The average molecular weight is 324 g/mol. The number of hydrogen-bond acceptors (Lipinski definition) is 4. The van der Waals surface area contributed by atoms with E-state index in [1.807, 2.05) is 55.5 Å². The number of anilines is 1. The van der Waals surface area contributed by atoms with E-state index in [2.05, 4.69) is 10.3 Å². The molecule has 5 heteroatoms. The number of pyridine rings is 1. The van der Waals surface area contributed by atoms with Crippen LogP contribution in [0.25, 0.3) is 11.3 Å². The van der Waals surface area contributed by atoms with Crippen molar-refractivity contribution in [3.63, 3.8) is 0 Å². The zero-order valence-electron chi connectivity index (χ0n) is 12.7. The molecule has 0 unspecified atom stereocenters. The molecule has 1 amide bonds. The van der Waals surface area contributed by atoms with E-state index in [0.717, 1.165) is 27.7 Å². The predicted octanol–water partition coefficient (Wildman–Crippen LogP) is 4.38. The van der Waals surface area contributed by atoms with Crippen LogP contribution < -0.4 is 5.32 Å². The van der Waals surface area contributed by atoms with Gasteiger partial charge in [0.1, 0.15) is 5.76 Å². The molecule has 0 saturated heterocycles. The van der Waals surface area contributed by atoms with Crippen LogP contribution in [0.15, 0.2) is 70.4 Å². The highest BCUT2D eigenvalue weighted by Crippen LogP contribution is 2.27. The van der Waals surface area contributed by atoms with E-state index in [0.29, 0.717) is 5.75 Å². The van der Waals surface area contributed by atoms with Crippen molar-refractivity contribution in [2.45, 2.75) is 12.0 Å². The molecule has 0 aliphatic rings. The molecule has 3 aromatic rings. The van der Waals surface area contributed by atoms with Gasteiger partial charge in [0.2, 0.25) is 5.91 Å². The van der Waals surface area contributed by atoms with Crippen LogP contribution in [0.4, 0.5) is 5.69 Å². The quantitative estimate of drug-likeness (QED) is 0.708. The normalized spacial score (nSPS) is 10.5. The first-order valence-electron chi connectivity index (χ1n) is 7.21. The van der Waals surface area contributed by atoms with E-state index < -0.39 is 0 Å². The number of thioether (sulfide) groups is 1. The molecule has 1 aromatic carbocycles. The Morgan fingerprint density at radius 1 is 1.13 bits per heavy atom. The number of furan rings is 1. The van der Waals surface area contributed by atoms with Crippen molar-refractivity contribution in [2.24, 2.45) is 0 Å². The first-order chi connectivity index (χ1) is 11.2. The molecule has 23 heavy (non-hydrogen) atoms. The van der Waals surface area contributed by atoms with Crippen molar-refractivity contribution < 1.29 is 9.21 Å². The second-order valence-corrected chi connectivity index (χ2v) is 5.99. The summed E-state index contributed by atoms with van der Waals surface area (Å²) in [7, 11) is 0. The molecule has 0 bridgehead atoms. The monoisotopic (exact) mass is 324 g/mol. The number of rotatable bonds is 5. The minimum absolute atomic E-state index is 0.0499. The van der Waals surface area contributed by atoms with Gasteiger partial charge in [-0.25, -0.2) is 0 Å². The van der Waals surface area contributed by atoms with Gasteiger partial charge in [0.05, 0.1) is 5.75 Å². The first kappa shape index (κ1) is 15.4. The topological polar surface area (TPSA) is 55.1 Å². The molecular formula is C18H16N2O2S. The van der Waals surface area contributed by atoms with Crippen LogP contribution in [0.2, 0.25) is 0 Å². The number of nitrogens with one attached hydrogen (secondary N) is 1. The van der Waals surface area contributed by atoms with E-state index >= 15 is 0 Å². The Kier molecular flexibility index (Phi) is 4.78. The van der Waals surface area contributed by atoms with Gasteiger partial charge in [0.25, 0.3) is 0 Å². The third-order valence-electron chi connectivity index (χ3n) is 3.31. The highest BCUT2D eigenvalue weighted by molar-refractivity contribution is 7.99. The Labute approximate surface area is 138 Å². The number of carbonyl (C=O) groups excluding carboxylic acids is 1. The molecule has 0 aliphatic heterocycles. The van der Waals surface area contributed by atoms with Crippen molar-refractivity contribution in [1.82, 2.24) is 4.98 Å². The smallest absolute Gasteiger partial charge is 0.234 e. The Balaban J connectivity index is 1.58. The van der Waals surface area contributed by atoms with Crippen LogP contribution in [0.3, 0.4) is 0 Å². The van der Waals surface area contributed by atoms with E-state index in [1.54, 1.807) is 12.4 Å². The fraction of sp³-hybridized carbons (Fsp3) is 0.111. The molecule has 1 N–H and O–H groups in total.